The zero-order valence-electron chi connectivity index (χ0n) is 15.5. The summed E-state index contributed by atoms with van der Waals surface area (Å²) >= 11 is 0. The molecule has 1 amide bonds. The summed E-state index contributed by atoms with van der Waals surface area (Å²) in [5, 5.41) is 2.78. The maximum Gasteiger partial charge on any atom is 0.573 e. The third-order valence-electron chi connectivity index (χ3n) is 4.24. The molecule has 0 atom stereocenters. The average molecular weight is 379 g/mol. The largest absolute Gasteiger partial charge is 0.573 e. The Hall–Kier alpha value is -2.50. The van der Waals surface area contributed by atoms with Crippen LogP contribution < -0.4 is 10.1 Å². The van der Waals surface area contributed by atoms with Crippen molar-refractivity contribution in [3.05, 3.63) is 59.2 Å². The predicted octanol–water partition coefficient (Wildman–Crippen LogP) is 6.27. The summed E-state index contributed by atoms with van der Waals surface area (Å²) in [5.74, 6) is -0.581. The van der Waals surface area contributed by atoms with Crippen molar-refractivity contribution < 1.29 is 22.7 Å². The van der Waals surface area contributed by atoms with Crippen molar-refractivity contribution in [2.24, 2.45) is 0 Å². The van der Waals surface area contributed by atoms with Crippen molar-refractivity contribution in [2.45, 2.75) is 52.3 Å². The van der Waals surface area contributed by atoms with E-state index in [1.807, 2.05) is 12.1 Å². The fourth-order valence-corrected chi connectivity index (χ4v) is 2.87. The Bertz CT molecular complexity index is 772. The van der Waals surface area contributed by atoms with Crippen molar-refractivity contribution >= 4 is 11.6 Å². The van der Waals surface area contributed by atoms with E-state index in [0.29, 0.717) is 16.8 Å². The number of rotatable bonds is 8. The first kappa shape index (κ1) is 20.8. The molecular formula is C21H24F3NO2. The molecule has 0 unspecified atom stereocenters. The van der Waals surface area contributed by atoms with Gasteiger partial charge in [0.05, 0.1) is 0 Å². The van der Waals surface area contributed by atoms with E-state index in [4.69, 9.17) is 0 Å². The van der Waals surface area contributed by atoms with Gasteiger partial charge in [0.2, 0.25) is 0 Å². The second-order valence-corrected chi connectivity index (χ2v) is 6.45. The van der Waals surface area contributed by atoms with E-state index < -0.39 is 6.36 Å². The molecule has 2 rings (SSSR count). The number of carbonyl (C=O) groups excluding carboxylic acids is 1. The van der Waals surface area contributed by atoms with E-state index in [0.717, 1.165) is 31.2 Å². The second-order valence-electron chi connectivity index (χ2n) is 6.45. The van der Waals surface area contributed by atoms with Crippen LogP contribution in [0.5, 0.6) is 5.75 Å². The van der Waals surface area contributed by atoms with Crippen molar-refractivity contribution in [1.29, 1.82) is 0 Å². The number of ether oxygens (including phenoxy) is 1. The van der Waals surface area contributed by atoms with Crippen molar-refractivity contribution in [3.8, 4) is 5.75 Å². The summed E-state index contributed by atoms with van der Waals surface area (Å²) in [6, 6.07) is 11.3. The molecule has 0 fully saturated rings. The Morgan fingerprint density at radius 1 is 1.07 bits per heavy atom. The van der Waals surface area contributed by atoms with E-state index in [9.17, 15) is 18.0 Å². The van der Waals surface area contributed by atoms with Crippen molar-refractivity contribution in [1.82, 2.24) is 0 Å². The Labute approximate surface area is 157 Å². The normalized spacial score (nSPS) is 11.3. The Morgan fingerprint density at radius 2 is 1.81 bits per heavy atom. The average Bonchev–Trinajstić information content (AvgIpc) is 2.60. The van der Waals surface area contributed by atoms with Gasteiger partial charge in [0.1, 0.15) is 5.75 Å². The molecule has 0 radical (unpaired) electrons. The first-order valence-electron chi connectivity index (χ1n) is 9.06. The number of alkyl halides is 3. The molecule has 1 N–H and O–H groups in total. The Morgan fingerprint density at radius 3 is 2.48 bits per heavy atom. The lowest BCUT2D eigenvalue weighted by molar-refractivity contribution is -0.274. The summed E-state index contributed by atoms with van der Waals surface area (Å²) in [7, 11) is 0. The minimum absolute atomic E-state index is 0.270. The van der Waals surface area contributed by atoms with Crippen molar-refractivity contribution in [2.75, 3.05) is 5.32 Å². The molecule has 0 saturated carbocycles. The van der Waals surface area contributed by atoms with Crippen LogP contribution in [0.15, 0.2) is 42.5 Å². The number of amides is 1. The lowest BCUT2D eigenvalue weighted by Gasteiger charge is -2.14. The number of benzene rings is 2. The zero-order valence-corrected chi connectivity index (χ0v) is 15.5. The lowest BCUT2D eigenvalue weighted by Crippen LogP contribution is -2.18. The first-order chi connectivity index (χ1) is 12.8. The fourth-order valence-electron chi connectivity index (χ4n) is 2.87. The number of unbranched alkanes of at least 4 members (excludes halogenated alkanes) is 3. The number of nitrogens with one attached hydrogen (secondary N) is 1. The number of halogens is 3. The number of aryl methyl sites for hydroxylation is 2. The number of carbonyl (C=O) groups is 1. The third-order valence-corrected chi connectivity index (χ3v) is 4.24. The molecule has 0 aliphatic rings. The molecule has 0 heterocycles. The molecule has 3 nitrogen and oxygen atoms in total. The molecule has 27 heavy (non-hydrogen) atoms. The molecule has 0 bridgehead atoms. The van der Waals surface area contributed by atoms with E-state index in [-0.39, 0.29) is 11.7 Å². The van der Waals surface area contributed by atoms with Gasteiger partial charge < -0.3 is 10.1 Å². The quantitative estimate of drug-likeness (QED) is 0.549. The van der Waals surface area contributed by atoms with E-state index in [2.05, 4.69) is 17.0 Å². The van der Waals surface area contributed by atoms with Crippen molar-refractivity contribution in [3.63, 3.8) is 0 Å². The van der Waals surface area contributed by atoms with E-state index in [1.165, 1.54) is 24.6 Å². The van der Waals surface area contributed by atoms with Crippen LogP contribution in [-0.4, -0.2) is 12.3 Å². The van der Waals surface area contributed by atoms with Crippen LogP contribution in [0.2, 0.25) is 0 Å². The molecule has 0 saturated heterocycles. The highest BCUT2D eigenvalue weighted by atomic mass is 19.4. The summed E-state index contributed by atoms with van der Waals surface area (Å²) in [6.45, 7) is 3.77. The smallest absolute Gasteiger partial charge is 0.406 e. The molecule has 6 heteroatoms. The van der Waals surface area contributed by atoms with Gasteiger partial charge in [-0.25, -0.2) is 0 Å². The number of hydrogen-bond acceptors (Lipinski definition) is 2. The molecular weight excluding hydrogens is 355 g/mol. The lowest BCUT2D eigenvalue weighted by atomic mass is 10.00. The van der Waals surface area contributed by atoms with Gasteiger partial charge in [-0.15, -0.1) is 13.2 Å². The topological polar surface area (TPSA) is 38.3 Å². The SMILES string of the molecule is CCCCCCc1ccccc1C(=O)Nc1ccc(OC(F)(F)F)cc1C. The van der Waals surface area contributed by atoms with Crippen LogP contribution in [0.25, 0.3) is 0 Å². The van der Waals surface area contributed by atoms with Gasteiger partial charge in [-0.1, -0.05) is 44.4 Å². The highest BCUT2D eigenvalue weighted by molar-refractivity contribution is 6.05. The molecule has 0 aromatic heterocycles. The van der Waals surface area contributed by atoms with Gasteiger partial charge in [0.25, 0.3) is 5.91 Å². The third kappa shape index (κ3) is 6.62. The molecule has 0 spiro atoms. The van der Waals surface area contributed by atoms with Crippen LogP contribution in [0, 0.1) is 6.92 Å². The first-order valence-corrected chi connectivity index (χ1v) is 9.06. The Kier molecular flexibility index (Phi) is 7.28. The van der Waals surface area contributed by atoms with Crippen LogP contribution >= 0.6 is 0 Å². The summed E-state index contributed by atoms with van der Waals surface area (Å²) in [6.07, 6.45) is 0.525. The highest BCUT2D eigenvalue weighted by Gasteiger charge is 2.31. The fraction of sp³-hybridized carbons (Fsp3) is 0.381. The summed E-state index contributed by atoms with van der Waals surface area (Å²) < 4.78 is 40.8. The van der Waals surface area contributed by atoms with Gasteiger partial charge >= 0.3 is 6.36 Å². The molecule has 0 aliphatic heterocycles. The van der Waals surface area contributed by atoms with Gasteiger partial charge in [0, 0.05) is 11.3 Å². The zero-order chi connectivity index (χ0) is 19.9. The molecule has 0 aliphatic carbocycles. The minimum atomic E-state index is -4.74. The number of anilines is 1. The monoisotopic (exact) mass is 379 g/mol. The minimum Gasteiger partial charge on any atom is -0.406 e. The predicted molar refractivity (Wildman–Crippen MR) is 100 cm³/mol. The van der Waals surface area contributed by atoms with Gasteiger partial charge in [-0.05, 0) is 55.2 Å². The van der Waals surface area contributed by atoms with Gasteiger partial charge in [-0.2, -0.15) is 0 Å². The highest BCUT2D eigenvalue weighted by Crippen LogP contribution is 2.27. The van der Waals surface area contributed by atoms with Crippen LogP contribution in [-0.2, 0) is 6.42 Å². The summed E-state index contributed by atoms with van der Waals surface area (Å²) in [4.78, 5) is 12.7. The van der Waals surface area contributed by atoms with Crippen LogP contribution in [0.4, 0.5) is 18.9 Å². The second kappa shape index (κ2) is 9.44. The van der Waals surface area contributed by atoms with Gasteiger partial charge in [-0.3, -0.25) is 4.79 Å². The van der Waals surface area contributed by atoms with E-state index >= 15 is 0 Å². The molecule has 146 valence electrons. The maximum absolute atomic E-state index is 12.7. The Balaban J connectivity index is 2.09. The van der Waals surface area contributed by atoms with E-state index in [1.54, 1.807) is 19.1 Å². The number of hydrogen-bond donors (Lipinski definition) is 1. The van der Waals surface area contributed by atoms with Crippen LogP contribution in [0.3, 0.4) is 0 Å². The molecule has 2 aromatic rings. The molecule has 2 aromatic carbocycles. The maximum atomic E-state index is 12.7. The summed E-state index contributed by atoms with van der Waals surface area (Å²) in [5.41, 5.74) is 2.51. The van der Waals surface area contributed by atoms with Crippen LogP contribution in [0.1, 0.15) is 54.1 Å². The standard InChI is InChI=1S/C21H24F3NO2/c1-3-4-5-6-9-16-10-7-8-11-18(16)20(26)25-19-13-12-17(14-15(19)2)27-21(22,23)24/h7-8,10-14H,3-6,9H2,1-2H3,(H,25,26). The van der Waals surface area contributed by atoms with Gasteiger partial charge in [0.15, 0.2) is 0 Å².